The van der Waals surface area contributed by atoms with Crippen molar-refractivity contribution in [3.8, 4) is 0 Å². The van der Waals surface area contributed by atoms with Gasteiger partial charge in [0, 0.05) is 24.7 Å². The largest absolute Gasteiger partial charge is 0.451 e. The second-order valence-corrected chi connectivity index (χ2v) is 10.5. The van der Waals surface area contributed by atoms with E-state index in [1.165, 1.54) is 73.4 Å². The highest BCUT2D eigenvalue weighted by Gasteiger charge is 2.45. The van der Waals surface area contributed by atoms with Crippen molar-refractivity contribution in [1.29, 1.82) is 0 Å². The number of halogens is 1. The van der Waals surface area contributed by atoms with Crippen LogP contribution in [-0.4, -0.2) is 26.8 Å². The monoisotopic (exact) mass is 499 g/mol. The van der Waals surface area contributed by atoms with Crippen molar-refractivity contribution in [2.75, 3.05) is 21.0 Å². The van der Waals surface area contributed by atoms with Crippen LogP contribution in [0.2, 0.25) is 0 Å². The quantitative estimate of drug-likeness (QED) is 0.141. The van der Waals surface area contributed by atoms with Gasteiger partial charge >= 0.3 is 0 Å². The van der Waals surface area contributed by atoms with Gasteiger partial charge in [0.1, 0.15) is 0 Å². The summed E-state index contributed by atoms with van der Waals surface area (Å²) in [5.41, 5.74) is 6.10. The zero-order valence-corrected chi connectivity index (χ0v) is 21.5. The fourth-order valence-electron chi connectivity index (χ4n) is 5.76. The van der Waals surface area contributed by atoms with Crippen LogP contribution < -0.4 is 0 Å². The highest BCUT2D eigenvalue weighted by Crippen LogP contribution is 2.56. The molecular formula is C28H38BrNO2. The van der Waals surface area contributed by atoms with Gasteiger partial charge in [-0.3, -0.25) is 4.99 Å². The standard InChI is InChI=1S/C28H38BrNO2/c1-4-19(25(20-9-6-10-20)17-28(30-2)32-18-31-3)8-5-11-21-16-26(21)23-14-15-24-22(23)12-7-13-27(24)29/h4-5,8,13,17,20-21,23,26H,6-7,9-12,14-16,18H2,1-3H3/b8-5-,19-4+,25-17-,30-28?. The Kier molecular flexibility index (Phi) is 8.28. The Balaban J connectivity index is 1.37. The molecule has 174 valence electrons. The lowest BCUT2D eigenvalue weighted by Gasteiger charge is -2.29. The van der Waals surface area contributed by atoms with Gasteiger partial charge in [0.2, 0.25) is 5.90 Å². The van der Waals surface area contributed by atoms with E-state index in [1.54, 1.807) is 25.3 Å². The highest BCUT2D eigenvalue weighted by molar-refractivity contribution is 9.12. The van der Waals surface area contributed by atoms with Crippen molar-refractivity contribution in [2.24, 2.45) is 28.7 Å². The number of rotatable bonds is 9. The second kappa shape index (κ2) is 11.2. The van der Waals surface area contributed by atoms with E-state index in [9.17, 15) is 0 Å². The van der Waals surface area contributed by atoms with Gasteiger partial charge in [-0.1, -0.05) is 52.2 Å². The Hall–Kier alpha value is -1.39. The van der Waals surface area contributed by atoms with E-state index >= 15 is 0 Å². The van der Waals surface area contributed by atoms with E-state index in [0.29, 0.717) is 11.8 Å². The lowest BCUT2D eigenvalue weighted by atomic mass is 9.76. The molecule has 0 aromatic heterocycles. The van der Waals surface area contributed by atoms with Crippen LogP contribution in [0.4, 0.5) is 0 Å². The predicted molar refractivity (Wildman–Crippen MR) is 137 cm³/mol. The summed E-state index contributed by atoms with van der Waals surface area (Å²) in [5, 5.41) is 0. The molecule has 0 amide bonds. The van der Waals surface area contributed by atoms with Crippen molar-refractivity contribution >= 4 is 21.8 Å². The molecule has 0 N–H and O–H groups in total. The molecule has 0 spiro atoms. The molecule has 0 radical (unpaired) electrons. The topological polar surface area (TPSA) is 30.8 Å². The SMILES string of the molecule is C/C=C(\C=C/CC1CC1C1CCC2=C1CCC=C2Br)C(=C/C(=NC)OCOC)/C1CCC1. The van der Waals surface area contributed by atoms with Gasteiger partial charge in [-0.05, 0) is 98.7 Å². The van der Waals surface area contributed by atoms with Crippen molar-refractivity contribution in [3.05, 3.63) is 57.2 Å². The van der Waals surface area contributed by atoms with E-state index < -0.39 is 0 Å². The average Bonchev–Trinajstić information content (AvgIpc) is 3.39. The van der Waals surface area contributed by atoms with Crippen LogP contribution in [0.25, 0.3) is 0 Å². The highest BCUT2D eigenvalue weighted by atomic mass is 79.9. The summed E-state index contributed by atoms with van der Waals surface area (Å²) in [4.78, 5) is 4.31. The molecule has 0 saturated heterocycles. The van der Waals surface area contributed by atoms with Crippen LogP contribution in [0, 0.1) is 23.7 Å². The lowest BCUT2D eigenvalue weighted by molar-refractivity contribution is 0.0432. The molecule has 2 saturated carbocycles. The van der Waals surface area contributed by atoms with Crippen LogP contribution in [0.5, 0.6) is 0 Å². The van der Waals surface area contributed by atoms with Gasteiger partial charge in [0.25, 0.3) is 0 Å². The maximum Gasteiger partial charge on any atom is 0.210 e. The minimum atomic E-state index is 0.233. The molecule has 32 heavy (non-hydrogen) atoms. The summed E-state index contributed by atoms with van der Waals surface area (Å²) in [7, 11) is 3.42. The molecule has 0 aromatic rings. The minimum Gasteiger partial charge on any atom is -0.451 e. The number of methoxy groups -OCH3 is 1. The molecule has 3 atom stereocenters. The summed E-state index contributed by atoms with van der Waals surface area (Å²) in [6.07, 6.45) is 23.1. The third-order valence-electron chi connectivity index (χ3n) is 7.81. The summed E-state index contributed by atoms with van der Waals surface area (Å²) in [5.74, 6) is 3.88. The molecule has 0 aliphatic heterocycles. The van der Waals surface area contributed by atoms with Crippen LogP contribution in [-0.2, 0) is 9.47 Å². The minimum absolute atomic E-state index is 0.233. The second-order valence-electron chi connectivity index (χ2n) is 9.62. The fraction of sp³-hybridized carbons (Fsp3) is 0.607. The molecule has 0 heterocycles. The van der Waals surface area contributed by atoms with Gasteiger partial charge in [0.15, 0.2) is 6.79 Å². The predicted octanol–water partition coefficient (Wildman–Crippen LogP) is 7.67. The zero-order chi connectivity index (χ0) is 22.5. The summed E-state index contributed by atoms with van der Waals surface area (Å²) in [6.45, 7) is 2.38. The van der Waals surface area contributed by atoms with Gasteiger partial charge in [-0.2, -0.15) is 0 Å². The van der Waals surface area contributed by atoms with Gasteiger partial charge in [-0.25, -0.2) is 0 Å². The van der Waals surface area contributed by atoms with E-state index in [0.717, 1.165) is 17.8 Å². The van der Waals surface area contributed by atoms with E-state index in [1.807, 2.05) is 0 Å². The van der Waals surface area contributed by atoms with Gasteiger partial charge in [0.05, 0.1) is 0 Å². The molecule has 3 nitrogen and oxygen atoms in total. The van der Waals surface area contributed by atoms with Crippen LogP contribution in [0.15, 0.2) is 62.1 Å². The molecule has 3 unspecified atom stereocenters. The molecule has 4 heteroatoms. The summed E-state index contributed by atoms with van der Waals surface area (Å²) >= 11 is 3.80. The Labute approximate surface area is 202 Å². The number of aliphatic imine (C=N–C) groups is 1. The molecule has 4 rings (SSSR count). The first-order chi connectivity index (χ1) is 15.7. The molecule has 2 fully saturated rings. The van der Waals surface area contributed by atoms with Crippen molar-refractivity contribution < 1.29 is 9.47 Å². The molecule has 4 aliphatic rings. The Bertz CT molecular complexity index is 872. The molecule has 0 aromatic carbocycles. The van der Waals surface area contributed by atoms with E-state index in [-0.39, 0.29) is 6.79 Å². The maximum atomic E-state index is 5.65. The third kappa shape index (κ3) is 5.39. The van der Waals surface area contributed by atoms with Gasteiger partial charge < -0.3 is 9.47 Å². The number of allylic oxidation sites excluding steroid dienone is 9. The van der Waals surface area contributed by atoms with Crippen LogP contribution in [0.3, 0.4) is 0 Å². The lowest BCUT2D eigenvalue weighted by Crippen LogP contribution is -2.17. The molecule has 4 aliphatic carbocycles. The zero-order valence-electron chi connectivity index (χ0n) is 19.9. The number of hydrogen-bond acceptors (Lipinski definition) is 3. The summed E-state index contributed by atoms with van der Waals surface area (Å²) in [6, 6.07) is 0. The number of ether oxygens (including phenoxy) is 2. The first kappa shape index (κ1) is 23.8. The first-order valence-electron chi connectivity index (χ1n) is 12.4. The third-order valence-corrected chi connectivity index (χ3v) is 8.61. The van der Waals surface area contributed by atoms with Crippen molar-refractivity contribution in [1.82, 2.24) is 0 Å². The Morgan fingerprint density at radius 2 is 2.09 bits per heavy atom. The Morgan fingerprint density at radius 3 is 2.78 bits per heavy atom. The number of hydrogen-bond donors (Lipinski definition) is 0. The average molecular weight is 501 g/mol. The van der Waals surface area contributed by atoms with E-state index in [4.69, 9.17) is 9.47 Å². The van der Waals surface area contributed by atoms with Crippen LogP contribution in [0.1, 0.15) is 64.7 Å². The molecule has 0 bridgehead atoms. The van der Waals surface area contributed by atoms with Crippen LogP contribution >= 0.6 is 15.9 Å². The normalized spacial score (nSPS) is 29.3. The summed E-state index contributed by atoms with van der Waals surface area (Å²) < 4.78 is 12.1. The maximum absolute atomic E-state index is 5.65. The smallest absolute Gasteiger partial charge is 0.210 e. The van der Waals surface area contributed by atoms with Crippen molar-refractivity contribution in [2.45, 2.75) is 64.7 Å². The van der Waals surface area contributed by atoms with Gasteiger partial charge in [-0.15, -0.1) is 0 Å². The van der Waals surface area contributed by atoms with Crippen molar-refractivity contribution in [3.63, 3.8) is 0 Å². The fourth-order valence-corrected chi connectivity index (χ4v) is 6.44. The first-order valence-corrected chi connectivity index (χ1v) is 13.2. The Morgan fingerprint density at radius 1 is 1.25 bits per heavy atom. The molecular weight excluding hydrogens is 462 g/mol. The number of nitrogens with zero attached hydrogens (tertiary/aromatic N) is 1. The van der Waals surface area contributed by atoms with E-state index in [2.05, 4.69) is 58.2 Å².